The SMILES string of the molecule is CC.CCCCC1(CC)Cc2ccc(S(=O)N(C)C)cc2S(=O)(=O)N1. The van der Waals surface area contributed by atoms with E-state index in [0.29, 0.717) is 11.3 Å². The van der Waals surface area contributed by atoms with Crippen LogP contribution in [-0.2, 0) is 27.4 Å². The molecule has 2 atom stereocenters. The lowest BCUT2D eigenvalue weighted by molar-refractivity contribution is 0.318. The average molecular weight is 389 g/mol. The van der Waals surface area contributed by atoms with Crippen LogP contribution in [0.2, 0.25) is 0 Å². The van der Waals surface area contributed by atoms with Crippen molar-refractivity contribution in [2.45, 2.75) is 75.1 Å². The van der Waals surface area contributed by atoms with Gasteiger partial charge in [-0.15, -0.1) is 0 Å². The quantitative estimate of drug-likeness (QED) is 0.811. The van der Waals surface area contributed by atoms with Gasteiger partial charge in [0.15, 0.2) is 0 Å². The van der Waals surface area contributed by atoms with Crippen LogP contribution in [0.3, 0.4) is 0 Å². The number of hydrogen-bond donors (Lipinski definition) is 1. The fraction of sp³-hybridized carbons (Fsp3) is 0.667. The van der Waals surface area contributed by atoms with Crippen LogP contribution in [0.4, 0.5) is 0 Å². The topological polar surface area (TPSA) is 66.5 Å². The van der Waals surface area contributed by atoms with Gasteiger partial charge < -0.3 is 0 Å². The minimum Gasteiger partial charge on any atom is -0.237 e. The molecule has 0 radical (unpaired) electrons. The maximum atomic E-state index is 12.7. The van der Waals surface area contributed by atoms with Crippen LogP contribution in [-0.4, -0.2) is 36.6 Å². The predicted molar refractivity (Wildman–Crippen MR) is 104 cm³/mol. The summed E-state index contributed by atoms with van der Waals surface area (Å²) in [5.41, 5.74) is 0.422. The lowest BCUT2D eigenvalue weighted by Gasteiger charge is -2.38. The molecule has 0 fully saturated rings. The number of unbranched alkanes of at least 4 members (excludes halogenated alkanes) is 1. The average Bonchev–Trinajstić information content (AvgIpc) is 2.60. The van der Waals surface area contributed by atoms with Crippen LogP contribution in [0.1, 0.15) is 58.9 Å². The van der Waals surface area contributed by atoms with Crippen molar-refractivity contribution in [3.05, 3.63) is 23.8 Å². The minimum atomic E-state index is -3.58. The standard InChI is InChI=1S/C16H26N2O3S2.C2H6/c1-5-7-10-16(6-2)12-13-8-9-14(22(19)18(3)4)11-15(13)23(20,21)17-16;1-2/h8-9,11,17H,5-7,10,12H2,1-4H3;1-2H3. The molecule has 0 aliphatic carbocycles. The number of nitrogens with one attached hydrogen (secondary N) is 1. The predicted octanol–water partition coefficient (Wildman–Crippen LogP) is 3.47. The molecule has 0 amide bonds. The molecule has 25 heavy (non-hydrogen) atoms. The van der Waals surface area contributed by atoms with Crippen molar-refractivity contribution >= 4 is 21.0 Å². The van der Waals surface area contributed by atoms with Gasteiger partial charge in [0.1, 0.15) is 11.0 Å². The second-order valence-electron chi connectivity index (χ2n) is 6.35. The molecule has 0 spiro atoms. The molecule has 1 heterocycles. The molecule has 7 heteroatoms. The van der Waals surface area contributed by atoms with Crippen LogP contribution in [0.25, 0.3) is 0 Å². The van der Waals surface area contributed by atoms with E-state index in [0.717, 1.165) is 31.2 Å². The molecule has 0 saturated carbocycles. The van der Waals surface area contributed by atoms with E-state index in [9.17, 15) is 12.6 Å². The third kappa shape index (κ3) is 5.12. The number of fused-ring (bicyclic) bond motifs is 1. The normalized spacial score (nSPS) is 22.7. The molecule has 0 aromatic heterocycles. The van der Waals surface area contributed by atoms with Crippen LogP contribution in [0, 0.1) is 0 Å². The monoisotopic (exact) mass is 388 g/mol. The largest absolute Gasteiger partial charge is 0.241 e. The Hall–Kier alpha value is -0.760. The van der Waals surface area contributed by atoms with Gasteiger partial charge in [-0.25, -0.2) is 21.7 Å². The second kappa shape index (κ2) is 9.26. The van der Waals surface area contributed by atoms with Crippen molar-refractivity contribution in [1.82, 2.24) is 9.03 Å². The summed E-state index contributed by atoms with van der Waals surface area (Å²) in [4.78, 5) is 0.780. The van der Waals surface area contributed by atoms with Crippen molar-refractivity contribution in [3.8, 4) is 0 Å². The molecular weight excluding hydrogens is 356 g/mol. The lowest BCUT2D eigenvalue weighted by Crippen LogP contribution is -2.52. The first kappa shape index (κ1) is 22.3. The summed E-state index contributed by atoms with van der Waals surface area (Å²) in [6.45, 7) is 8.14. The summed E-state index contributed by atoms with van der Waals surface area (Å²) in [5.74, 6) is 0. The molecule has 5 nitrogen and oxygen atoms in total. The summed E-state index contributed by atoms with van der Waals surface area (Å²) < 4.78 is 42.1. The Balaban J connectivity index is 0.00000151. The van der Waals surface area contributed by atoms with E-state index >= 15 is 0 Å². The van der Waals surface area contributed by atoms with E-state index < -0.39 is 26.5 Å². The van der Waals surface area contributed by atoms with Crippen molar-refractivity contribution in [1.29, 1.82) is 0 Å². The zero-order valence-corrected chi connectivity index (χ0v) is 17.9. The van der Waals surface area contributed by atoms with E-state index in [-0.39, 0.29) is 4.90 Å². The first-order valence-corrected chi connectivity index (χ1v) is 11.6. The Morgan fingerprint density at radius 1 is 1.24 bits per heavy atom. The van der Waals surface area contributed by atoms with Gasteiger partial charge in [0.25, 0.3) is 0 Å². The van der Waals surface area contributed by atoms with Crippen molar-refractivity contribution < 1.29 is 12.6 Å². The smallest absolute Gasteiger partial charge is 0.237 e. The molecule has 1 aromatic rings. The van der Waals surface area contributed by atoms with Gasteiger partial charge in [0.05, 0.1) is 9.79 Å². The Kier molecular flexibility index (Phi) is 8.25. The van der Waals surface area contributed by atoms with Crippen molar-refractivity contribution in [2.24, 2.45) is 0 Å². The van der Waals surface area contributed by atoms with Gasteiger partial charge in [0, 0.05) is 5.54 Å². The third-order valence-electron chi connectivity index (χ3n) is 4.43. The number of rotatable bonds is 6. The van der Waals surface area contributed by atoms with Gasteiger partial charge in [-0.1, -0.05) is 46.6 Å². The van der Waals surface area contributed by atoms with Crippen LogP contribution in [0.5, 0.6) is 0 Å². The molecule has 1 N–H and O–H groups in total. The summed E-state index contributed by atoms with van der Waals surface area (Å²) in [6, 6.07) is 5.14. The Morgan fingerprint density at radius 2 is 1.88 bits per heavy atom. The van der Waals surface area contributed by atoms with E-state index in [2.05, 4.69) is 11.6 Å². The highest BCUT2D eigenvalue weighted by atomic mass is 32.2. The van der Waals surface area contributed by atoms with Crippen LogP contribution < -0.4 is 4.72 Å². The van der Waals surface area contributed by atoms with Crippen LogP contribution >= 0.6 is 0 Å². The Bertz CT molecular complexity index is 702. The second-order valence-corrected chi connectivity index (χ2v) is 9.70. The van der Waals surface area contributed by atoms with Crippen molar-refractivity contribution in [2.75, 3.05) is 14.1 Å². The Labute approximate surface area is 155 Å². The fourth-order valence-corrected chi connectivity index (χ4v) is 5.69. The van der Waals surface area contributed by atoms with Gasteiger partial charge >= 0.3 is 0 Å². The van der Waals surface area contributed by atoms with Gasteiger partial charge in [0.2, 0.25) is 10.0 Å². The minimum absolute atomic E-state index is 0.269. The molecule has 0 bridgehead atoms. The van der Waals surface area contributed by atoms with Gasteiger partial charge in [-0.2, -0.15) is 0 Å². The highest BCUT2D eigenvalue weighted by molar-refractivity contribution is 7.89. The van der Waals surface area contributed by atoms with E-state index in [4.69, 9.17) is 0 Å². The molecule has 1 aromatic carbocycles. The maximum Gasteiger partial charge on any atom is 0.241 e. The number of sulfonamides is 1. The summed E-state index contributed by atoms with van der Waals surface area (Å²) >= 11 is 0. The molecule has 2 unspecified atom stereocenters. The van der Waals surface area contributed by atoms with E-state index in [1.165, 1.54) is 0 Å². The van der Waals surface area contributed by atoms with Gasteiger partial charge in [-0.3, -0.25) is 0 Å². The van der Waals surface area contributed by atoms with Crippen molar-refractivity contribution in [3.63, 3.8) is 0 Å². The summed E-state index contributed by atoms with van der Waals surface area (Å²) in [5, 5.41) is 0. The highest BCUT2D eigenvalue weighted by Crippen LogP contribution is 2.34. The number of hydrogen-bond acceptors (Lipinski definition) is 3. The number of benzene rings is 1. The Morgan fingerprint density at radius 3 is 2.40 bits per heavy atom. The van der Waals surface area contributed by atoms with Crippen LogP contribution in [0.15, 0.2) is 28.0 Å². The van der Waals surface area contributed by atoms with E-state index in [1.54, 1.807) is 30.5 Å². The third-order valence-corrected chi connectivity index (χ3v) is 7.41. The number of nitrogens with zero attached hydrogens (tertiary/aromatic N) is 1. The van der Waals surface area contributed by atoms with Gasteiger partial charge in [-0.05, 0) is 51.1 Å². The fourth-order valence-electron chi connectivity index (χ4n) is 3.02. The molecule has 1 aliphatic heterocycles. The molecular formula is C18H32N2O3S2. The highest BCUT2D eigenvalue weighted by Gasteiger charge is 2.39. The molecule has 0 saturated heterocycles. The maximum absolute atomic E-state index is 12.7. The molecule has 144 valence electrons. The summed E-state index contributed by atoms with van der Waals surface area (Å²) in [7, 11) is -1.52. The molecule has 2 rings (SSSR count). The molecule has 1 aliphatic rings. The lowest BCUT2D eigenvalue weighted by atomic mass is 9.84. The summed E-state index contributed by atoms with van der Waals surface area (Å²) in [6.07, 6.45) is 4.32. The zero-order chi connectivity index (χ0) is 19.3. The first-order chi connectivity index (χ1) is 11.7. The first-order valence-electron chi connectivity index (χ1n) is 9.01. The van der Waals surface area contributed by atoms with E-state index in [1.807, 2.05) is 26.8 Å². The zero-order valence-electron chi connectivity index (χ0n) is 16.3.